The molecule has 1 aromatic heterocycles. The lowest BCUT2D eigenvalue weighted by molar-refractivity contribution is -0.114. The minimum absolute atomic E-state index is 0.113. The maximum Gasteiger partial charge on any atom is 0.158 e. The molecule has 0 saturated carbocycles. The number of rotatable bonds is 4. The fourth-order valence-electron chi connectivity index (χ4n) is 3.72. The first-order chi connectivity index (χ1) is 12.7. The molecule has 0 bridgehead atoms. The summed E-state index contributed by atoms with van der Waals surface area (Å²) in [5, 5.41) is 4.25. The molecule has 140 valence electrons. The number of ketones is 2. The number of nitrogens with one attached hydrogen (secondary N) is 1. The van der Waals surface area contributed by atoms with Gasteiger partial charge in [-0.3, -0.25) is 9.59 Å². The summed E-state index contributed by atoms with van der Waals surface area (Å²) in [6.45, 7) is 6.65. The molecule has 5 nitrogen and oxygen atoms in total. The van der Waals surface area contributed by atoms with Gasteiger partial charge in [-0.2, -0.15) is 0 Å². The van der Waals surface area contributed by atoms with Crippen LogP contribution >= 0.6 is 11.6 Å². The molecule has 0 saturated heterocycles. The van der Waals surface area contributed by atoms with Crippen molar-refractivity contribution in [2.45, 2.75) is 33.6 Å². The molecule has 1 aliphatic rings. The van der Waals surface area contributed by atoms with Crippen molar-refractivity contribution in [3.63, 3.8) is 0 Å². The van der Waals surface area contributed by atoms with Crippen LogP contribution in [-0.2, 0) is 9.59 Å². The van der Waals surface area contributed by atoms with Crippen molar-refractivity contribution in [2.75, 3.05) is 7.11 Å². The first kappa shape index (κ1) is 19.1. The highest BCUT2D eigenvalue weighted by Crippen LogP contribution is 2.42. The molecule has 6 heteroatoms. The summed E-state index contributed by atoms with van der Waals surface area (Å²) < 4.78 is 5.29. The van der Waals surface area contributed by atoms with Crippen LogP contribution in [-0.4, -0.2) is 23.7 Å². The Morgan fingerprint density at radius 1 is 1.07 bits per heavy atom. The summed E-state index contributed by atoms with van der Waals surface area (Å²) >= 11 is 6.52. The van der Waals surface area contributed by atoms with Crippen LogP contribution in [0.1, 0.15) is 39.2 Å². The fraction of sp³-hybridized carbons (Fsp3) is 0.286. The number of ether oxygens (including phenoxy) is 1. The summed E-state index contributed by atoms with van der Waals surface area (Å²) in [4.78, 5) is 29.3. The Kier molecular flexibility index (Phi) is 5.07. The molecule has 0 fully saturated rings. The lowest BCUT2D eigenvalue weighted by Crippen LogP contribution is -2.30. The minimum atomic E-state index is -0.558. The Morgan fingerprint density at radius 2 is 1.67 bits per heavy atom. The second-order valence-corrected chi connectivity index (χ2v) is 7.03. The average molecular weight is 385 g/mol. The zero-order valence-electron chi connectivity index (χ0n) is 15.9. The zero-order valence-corrected chi connectivity index (χ0v) is 16.7. The molecule has 0 aliphatic carbocycles. The van der Waals surface area contributed by atoms with E-state index in [1.54, 1.807) is 7.11 Å². The van der Waals surface area contributed by atoms with Crippen LogP contribution < -0.4 is 10.1 Å². The van der Waals surface area contributed by atoms with Crippen molar-refractivity contribution >= 4 is 34.1 Å². The Hall–Kier alpha value is -2.66. The van der Waals surface area contributed by atoms with Crippen LogP contribution in [0, 0.1) is 0 Å². The van der Waals surface area contributed by atoms with Crippen molar-refractivity contribution in [1.29, 1.82) is 0 Å². The number of aromatic nitrogens is 1. The van der Waals surface area contributed by atoms with Gasteiger partial charge in [0.1, 0.15) is 10.9 Å². The fourth-order valence-corrected chi connectivity index (χ4v) is 3.97. The lowest BCUT2D eigenvalue weighted by atomic mass is 9.78. The van der Waals surface area contributed by atoms with E-state index in [0.29, 0.717) is 28.0 Å². The number of fused-ring (bicyclic) bond motifs is 1. The van der Waals surface area contributed by atoms with E-state index in [4.69, 9.17) is 16.3 Å². The van der Waals surface area contributed by atoms with E-state index in [0.717, 1.165) is 16.8 Å². The smallest absolute Gasteiger partial charge is 0.158 e. The molecule has 0 unspecified atom stereocenters. The number of allylic oxidation sites excluding steroid dienone is 4. The van der Waals surface area contributed by atoms with Gasteiger partial charge in [0, 0.05) is 39.4 Å². The number of dihydropyridines is 1. The van der Waals surface area contributed by atoms with E-state index in [1.165, 1.54) is 13.8 Å². The average Bonchev–Trinajstić information content (AvgIpc) is 2.59. The molecule has 2 heterocycles. The molecule has 1 N–H and O–H groups in total. The van der Waals surface area contributed by atoms with Gasteiger partial charge >= 0.3 is 0 Å². The molecule has 2 aromatic rings. The highest BCUT2D eigenvalue weighted by Gasteiger charge is 2.35. The Bertz CT molecular complexity index is 1000. The largest absolute Gasteiger partial charge is 0.497 e. The van der Waals surface area contributed by atoms with Gasteiger partial charge in [-0.05, 0) is 52.0 Å². The number of hydrogen-bond donors (Lipinski definition) is 1. The van der Waals surface area contributed by atoms with Gasteiger partial charge in [0.15, 0.2) is 11.6 Å². The van der Waals surface area contributed by atoms with Crippen molar-refractivity contribution < 1.29 is 14.3 Å². The lowest BCUT2D eigenvalue weighted by Gasteiger charge is -2.31. The number of nitrogens with zero attached hydrogens (tertiary/aromatic N) is 1. The number of halogens is 1. The van der Waals surface area contributed by atoms with Crippen LogP contribution in [0.2, 0.25) is 5.15 Å². The third-order valence-electron chi connectivity index (χ3n) is 4.83. The Morgan fingerprint density at radius 3 is 2.19 bits per heavy atom. The zero-order chi connectivity index (χ0) is 19.9. The third kappa shape index (κ3) is 3.35. The maximum absolute atomic E-state index is 12.4. The molecule has 1 aromatic carbocycles. The number of carbonyl (C=O) groups excluding carboxylic acids is 2. The number of methoxy groups -OCH3 is 1. The SMILES string of the molecule is COc1ccc2nc(Cl)c(C3C(C(C)=O)=C(C)NC(C)=C3C(C)=O)cc2c1. The highest BCUT2D eigenvalue weighted by atomic mass is 35.5. The standard InChI is InChI=1S/C21H21ClN2O3/c1-10-18(12(3)25)20(19(13(4)26)11(2)23-10)16-9-14-8-15(27-5)6-7-17(14)24-21(16)22/h6-9,20,23H,1-5H3. The molecule has 1 aliphatic heterocycles. The monoisotopic (exact) mass is 384 g/mol. The predicted octanol–water partition coefficient (Wildman–Crippen LogP) is 4.31. The van der Waals surface area contributed by atoms with Gasteiger partial charge in [0.05, 0.1) is 12.6 Å². The third-order valence-corrected chi connectivity index (χ3v) is 5.14. The van der Waals surface area contributed by atoms with Crippen LogP contribution in [0.4, 0.5) is 0 Å². The van der Waals surface area contributed by atoms with Crippen LogP contribution in [0.5, 0.6) is 5.75 Å². The molecular weight excluding hydrogens is 364 g/mol. The second-order valence-electron chi connectivity index (χ2n) is 6.67. The first-order valence-corrected chi connectivity index (χ1v) is 8.97. The number of hydrogen-bond acceptors (Lipinski definition) is 5. The molecule has 27 heavy (non-hydrogen) atoms. The van der Waals surface area contributed by atoms with Crippen LogP contribution in [0.3, 0.4) is 0 Å². The summed E-state index contributed by atoms with van der Waals surface area (Å²) in [5.41, 5.74) is 3.84. The van der Waals surface area contributed by atoms with Gasteiger partial charge in [-0.1, -0.05) is 11.6 Å². The van der Waals surface area contributed by atoms with Crippen LogP contribution in [0.25, 0.3) is 10.9 Å². The number of Topliss-reactive ketones (excluding diaryl/α,β-unsaturated/α-hetero) is 2. The normalized spacial score (nSPS) is 15.2. The highest BCUT2D eigenvalue weighted by molar-refractivity contribution is 6.31. The molecule has 3 rings (SSSR count). The van der Waals surface area contributed by atoms with E-state index in [1.807, 2.05) is 38.1 Å². The quantitative estimate of drug-likeness (QED) is 0.795. The van der Waals surface area contributed by atoms with Crippen molar-refractivity contribution in [1.82, 2.24) is 10.3 Å². The van der Waals surface area contributed by atoms with Gasteiger partial charge in [-0.25, -0.2) is 4.98 Å². The number of benzene rings is 1. The van der Waals surface area contributed by atoms with Crippen molar-refractivity contribution in [2.24, 2.45) is 0 Å². The number of pyridine rings is 1. The molecule has 0 atom stereocenters. The molecule has 0 amide bonds. The summed E-state index contributed by atoms with van der Waals surface area (Å²) in [6, 6.07) is 7.38. The topological polar surface area (TPSA) is 68.3 Å². The van der Waals surface area contributed by atoms with Gasteiger partial charge in [0.2, 0.25) is 0 Å². The molecular formula is C21H21ClN2O3. The van der Waals surface area contributed by atoms with Crippen molar-refractivity contribution in [3.05, 3.63) is 57.5 Å². The summed E-state index contributed by atoms with van der Waals surface area (Å²) in [7, 11) is 1.60. The Balaban J connectivity index is 2.32. The molecule has 0 spiro atoms. The number of carbonyl (C=O) groups is 2. The van der Waals surface area contributed by atoms with E-state index in [2.05, 4.69) is 10.3 Å². The second kappa shape index (κ2) is 7.16. The van der Waals surface area contributed by atoms with Gasteiger partial charge < -0.3 is 10.1 Å². The molecule has 0 radical (unpaired) electrons. The summed E-state index contributed by atoms with van der Waals surface area (Å²) in [5.74, 6) is -0.0899. The van der Waals surface area contributed by atoms with E-state index < -0.39 is 5.92 Å². The summed E-state index contributed by atoms with van der Waals surface area (Å²) in [6.07, 6.45) is 0. The minimum Gasteiger partial charge on any atom is -0.497 e. The van der Waals surface area contributed by atoms with E-state index >= 15 is 0 Å². The Labute approximate surface area is 163 Å². The van der Waals surface area contributed by atoms with E-state index in [9.17, 15) is 9.59 Å². The van der Waals surface area contributed by atoms with Gasteiger partial charge in [-0.15, -0.1) is 0 Å². The predicted molar refractivity (Wildman–Crippen MR) is 106 cm³/mol. The van der Waals surface area contributed by atoms with Crippen molar-refractivity contribution in [3.8, 4) is 5.75 Å². The maximum atomic E-state index is 12.4. The van der Waals surface area contributed by atoms with E-state index in [-0.39, 0.29) is 16.7 Å². The first-order valence-electron chi connectivity index (χ1n) is 8.59. The van der Waals surface area contributed by atoms with Crippen LogP contribution in [0.15, 0.2) is 46.8 Å². The van der Waals surface area contributed by atoms with Gasteiger partial charge in [0.25, 0.3) is 0 Å².